The molecule has 1 unspecified atom stereocenters. The summed E-state index contributed by atoms with van der Waals surface area (Å²) in [5, 5.41) is 14.6. The van der Waals surface area contributed by atoms with Crippen LogP contribution in [0.3, 0.4) is 0 Å². The summed E-state index contributed by atoms with van der Waals surface area (Å²) in [5.74, 6) is 2.55. The molecule has 6 nitrogen and oxygen atoms in total. The Balaban J connectivity index is 1.63. The molecule has 0 heterocycles. The van der Waals surface area contributed by atoms with E-state index in [-0.39, 0.29) is 21.7 Å². The number of rotatable bonds is 18. The molecule has 0 fully saturated rings. The van der Waals surface area contributed by atoms with Crippen molar-refractivity contribution in [3.63, 3.8) is 0 Å². The maximum Gasteiger partial charge on any atom is 0.123 e. The van der Waals surface area contributed by atoms with Gasteiger partial charge in [0, 0.05) is 18.7 Å². The first-order valence-corrected chi connectivity index (χ1v) is 18.3. The van der Waals surface area contributed by atoms with Gasteiger partial charge in [-0.2, -0.15) is 0 Å². The molecule has 0 saturated carbocycles. The third-order valence-electron chi connectivity index (χ3n) is 9.54. The minimum atomic E-state index is 0.0584. The molecule has 2 rings (SSSR count). The molecule has 0 amide bonds. The molecule has 0 bridgehead atoms. The predicted molar refractivity (Wildman–Crippen MR) is 204 cm³/mol. The Kier molecular flexibility index (Phi) is 16.0. The Morgan fingerprint density at radius 1 is 0.617 bits per heavy atom. The van der Waals surface area contributed by atoms with Crippen LogP contribution in [-0.4, -0.2) is 60.0 Å². The zero-order valence-electron chi connectivity index (χ0n) is 33.1. The van der Waals surface area contributed by atoms with Crippen LogP contribution < -0.4 is 26.0 Å². The zero-order valence-corrected chi connectivity index (χ0v) is 33.1. The number of nitrogens with one attached hydrogen (secondary N) is 4. The summed E-state index contributed by atoms with van der Waals surface area (Å²) in [6.07, 6.45) is 6.80. The van der Waals surface area contributed by atoms with E-state index in [1.807, 2.05) is 7.11 Å². The van der Waals surface area contributed by atoms with Gasteiger partial charge in [-0.05, 0) is 121 Å². The second-order valence-corrected chi connectivity index (χ2v) is 17.8. The lowest BCUT2D eigenvalue weighted by Gasteiger charge is -2.40. The van der Waals surface area contributed by atoms with Gasteiger partial charge in [0.2, 0.25) is 0 Å². The van der Waals surface area contributed by atoms with Crippen LogP contribution in [-0.2, 0) is 22.1 Å². The summed E-state index contributed by atoms with van der Waals surface area (Å²) in [4.78, 5) is 0. The van der Waals surface area contributed by atoms with Crippen molar-refractivity contribution in [3.05, 3.63) is 51.8 Å². The Bertz CT molecular complexity index is 1160. The summed E-state index contributed by atoms with van der Waals surface area (Å²) in [5.41, 5.74) is 7.40. The SMILES string of the molecule is COC1=C(CNCCCNCCCNCCCNCc2c(OC)cc(C(C)(C)C)cc2C(C)(C)C)C(C(C)(C)C)CC(C(C)(C)C)=C1. The monoisotopic (exact) mass is 655 g/mol. The molecule has 0 aliphatic heterocycles. The van der Waals surface area contributed by atoms with Gasteiger partial charge in [-0.1, -0.05) is 94.7 Å². The molecule has 4 N–H and O–H groups in total. The average molecular weight is 655 g/mol. The van der Waals surface area contributed by atoms with Crippen LogP contribution in [0.25, 0.3) is 0 Å². The van der Waals surface area contributed by atoms with Crippen LogP contribution in [0.1, 0.15) is 125 Å². The number of methoxy groups -OCH3 is 2. The van der Waals surface area contributed by atoms with Crippen molar-refractivity contribution in [2.24, 2.45) is 16.7 Å². The molecular weight excluding hydrogens is 580 g/mol. The van der Waals surface area contributed by atoms with Gasteiger partial charge in [-0.25, -0.2) is 0 Å². The molecule has 0 saturated heterocycles. The maximum absolute atomic E-state index is 5.92. The first-order valence-electron chi connectivity index (χ1n) is 18.3. The number of benzene rings is 1. The highest BCUT2D eigenvalue weighted by molar-refractivity contribution is 5.48. The van der Waals surface area contributed by atoms with E-state index in [4.69, 9.17) is 9.47 Å². The Morgan fingerprint density at radius 2 is 1.13 bits per heavy atom. The molecule has 1 aliphatic carbocycles. The van der Waals surface area contributed by atoms with E-state index < -0.39 is 0 Å². The van der Waals surface area contributed by atoms with E-state index in [9.17, 15) is 0 Å². The predicted octanol–water partition coefficient (Wildman–Crippen LogP) is 8.26. The van der Waals surface area contributed by atoms with Crippen molar-refractivity contribution in [3.8, 4) is 5.75 Å². The molecule has 0 aromatic heterocycles. The molecule has 270 valence electrons. The van der Waals surface area contributed by atoms with Crippen molar-refractivity contribution in [1.29, 1.82) is 0 Å². The van der Waals surface area contributed by atoms with E-state index >= 15 is 0 Å². The number of ether oxygens (including phenoxy) is 2. The van der Waals surface area contributed by atoms with Crippen LogP contribution in [0.4, 0.5) is 0 Å². The molecule has 0 spiro atoms. The summed E-state index contributed by atoms with van der Waals surface area (Å²) in [6, 6.07) is 4.62. The summed E-state index contributed by atoms with van der Waals surface area (Å²) >= 11 is 0. The van der Waals surface area contributed by atoms with E-state index in [0.29, 0.717) is 5.92 Å². The van der Waals surface area contributed by atoms with Gasteiger partial charge in [0.25, 0.3) is 0 Å². The number of allylic oxidation sites excluding steroid dienone is 2. The first kappa shape index (κ1) is 41.3. The van der Waals surface area contributed by atoms with Gasteiger partial charge >= 0.3 is 0 Å². The van der Waals surface area contributed by atoms with Gasteiger partial charge < -0.3 is 30.7 Å². The van der Waals surface area contributed by atoms with Gasteiger partial charge in [-0.15, -0.1) is 0 Å². The van der Waals surface area contributed by atoms with E-state index in [2.05, 4.69) is 123 Å². The van der Waals surface area contributed by atoms with Gasteiger partial charge in [-0.3, -0.25) is 0 Å². The highest BCUT2D eigenvalue weighted by Crippen LogP contribution is 2.45. The quantitative estimate of drug-likeness (QED) is 0.120. The highest BCUT2D eigenvalue weighted by atomic mass is 16.5. The highest BCUT2D eigenvalue weighted by Gasteiger charge is 2.36. The number of hydrogen-bond donors (Lipinski definition) is 4. The Morgan fingerprint density at radius 3 is 1.55 bits per heavy atom. The fraction of sp³-hybridized carbons (Fsp3) is 0.756. The van der Waals surface area contributed by atoms with E-state index in [1.54, 1.807) is 7.11 Å². The van der Waals surface area contributed by atoms with Gasteiger partial charge in [0.1, 0.15) is 11.5 Å². The minimum absolute atomic E-state index is 0.0584. The normalized spacial score (nSPS) is 16.5. The van der Waals surface area contributed by atoms with Crippen LogP contribution in [0.15, 0.2) is 35.1 Å². The summed E-state index contributed by atoms with van der Waals surface area (Å²) < 4.78 is 11.8. The van der Waals surface area contributed by atoms with Gasteiger partial charge in [0.15, 0.2) is 0 Å². The number of hydrogen-bond acceptors (Lipinski definition) is 6. The second-order valence-electron chi connectivity index (χ2n) is 17.8. The van der Waals surface area contributed by atoms with Crippen molar-refractivity contribution < 1.29 is 9.47 Å². The average Bonchev–Trinajstić information content (AvgIpc) is 2.96. The maximum atomic E-state index is 5.92. The van der Waals surface area contributed by atoms with Crippen LogP contribution in [0.5, 0.6) is 5.75 Å². The lowest BCUT2D eigenvalue weighted by Crippen LogP contribution is -2.34. The van der Waals surface area contributed by atoms with E-state index in [0.717, 1.165) is 89.6 Å². The van der Waals surface area contributed by atoms with Crippen LogP contribution in [0, 0.1) is 16.7 Å². The van der Waals surface area contributed by atoms with E-state index in [1.165, 1.54) is 27.8 Å². The molecule has 1 aromatic rings. The van der Waals surface area contributed by atoms with Crippen LogP contribution >= 0.6 is 0 Å². The fourth-order valence-corrected chi connectivity index (χ4v) is 6.39. The van der Waals surface area contributed by atoms with Crippen molar-refractivity contribution in [2.45, 2.75) is 126 Å². The molecule has 6 heteroatoms. The minimum Gasteiger partial charge on any atom is -0.497 e. The molecule has 47 heavy (non-hydrogen) atoms. The molecular formula is C41H74N4O2. The fourth-order valence-electron chi connectivity index (χ4n) is 6.39. The lowest BCUT2D eigenvalue weighted by atomic mass is 9.67. The standard InChI is InChI=1S/C41H74N4O2/c1-38(2,3)30-24-34(40(7,8)9)32(36(26-30)46-13)28-44-22-16-20-42-18-15-19-43-21-17-23-45-29-33-35(41(10,11)12)25-31(39(4,5)6)27-37(33)47-14/h24,26-27,35,42-45H,15-23,25,28-29H2,1-14H3. The molecule has 1 atom stereocenters. The van der Waals surface area contributed by atoms with Gasteiger partial charge in [0.05, 0.1) is 14.2 Å². The lowest BCUT2D eigenvalue weighted by molar-refractivity contribution is 0.226. The third-order valence-corrected chi connectivity index (χ3v) is 9.54. The summed E-state index contributed by atoms with van der Waals surface area (Å²) in [7, 11) is 3.61. The smallest absolute Gasteiger partial charge is 0.123 e. The Labute approximate surface area is 290 Å². The largest absolute Gasteiger partial charge is 0.497 e. The van der Waals surface area contributed by atoms with Crippen molar-refractivity contribution in [2.75, 3.05) is 60.0 Å². The molecule has 1 aromatic carbocycles. The third kappa shape index (κ3) is 13.5. The van der Waals surface area contributed by atoms with Crippen molar-refractivity contribution in [1.82, 2.24) is 21.3 Å². The van der Waals surface area contributed by atoms with Crippen LogP contribution in [0.2, 0.25) is 0 Å². The topological polar surface area (TPSA) is 66.6 Å². The Hall–Kier alpha value is -1.86. The molecule has 1 aliphatic rings. The second kappa shape index (κ2) is 18.2. The van der Waals surface area contributed by atoms with Crippen molar-refractivity contribution >= 4 is 0 Å². The first-order chi connectivity index (χ1) is 21.8. The zero-order chi connectivity index (χ0) is 35.5. The molecule has 0 radical (unpaired) electrons. The summed E-state index contributed by atoms with van der Waals surface area (Å²) in [6.45, 7) is 35.6.